The van der Waals surface area contributed by atoms with E-state index in [1.54, 1.807) is 11.8 Å². The summed E-state index contributed by atoms with van der Waals surface area (Å²) in [6, 6.07) is 11.3. The SMILES string of the molecule is Cc1nn(C(=O)c2cccs2)c(C)c1Sc1ccc(Cl)cc1. The topological polar surface area (TPSA) is 34.9 Å². The molecule has 0 radical (unpaired) electrons. The summed E-state index contributed by atoms with van der Waals surface area (Å²) < 4.78 is 1.49. The van der Waals surface area contributed by atoms with Crippen molar-refractivity contribution in [1.82, 2.24) is 9.78 Å². The van der Waals surface area contributed by atoms with Gasteiger partial charge in [-0.05, 0) is 49.6 Å². The normalized spacial score (nSPS) is 10.9. The number of aryl methyl sites for hydroxylation is 1. The van der Waals surface area contributed by atoms with Crippen LogP contribution < -0.4 is 0 Å². The minimum Gasteiger partial charge on any atom is -0.266 e. The summed E-state index contributed by atoms with van der Waals surface area (Å²) in [5.41, 5.74) is 1.71. The number of rotatable bonds is 3. The van der Waals surface area contributed by atoms with Gasteiger partial charge in [-0.15, -0.1) is 11.3 Å². The van der Waals surface area contributed by atoms with Gasteiger partial charge in [0, 0.05) is 9.92 Å². The zero-order valence-corrected chi connectivity index (χ0v) is 14.4. The molecule has 0 aliphatic heterocycles. The summed E-state index contributed by atoms with van der Waals surface area (Å²) in [4.78, 5) is 15.2. The summed E-state index contributed by atoms with van der Waals surface area (Å²) in [5, 5.41) is 7.01. The first-order chi connectivity index (χ1) is 10.6. The van der Waals surface area contributed by atoms with Gasteiger partial charge in [0.15, 0.2) is 0 Å². The van der Waals surface area contributed by atoms with Gasteiger partial charge >= 0.3 is 0 Å². The zero-order valence-electron chi connectivity index (χ0n) is 12.0. The van der Waals surface area contributed by atoms with Crippen molar-refractivity contribution in [2.45, 2.75) is 23.6 Å². The minimum atomic E-state index is -0.0847. The Morgan fingerprint density at radius 1 is 1.23 bits per heavy atom. The van der Waals surface area contributed by atoms with Crippen molar-refractivity contribution in [1.29, 1.82) is 0 Å². The molecule has 112 valence electrons. The molecule has 0 amide bonds. The maximum Gasteiger partial charge on any atom is 0.288 e. The number of nitrogens with zero attached hydrogens (tertiary/aromatic N) is 2. The van der Waals surface area contributed by atoms with Crippen molar-refractivity contribution in [2.24, 2.45) is 0 Å². The molecule has 0 atom stereocenters. The molecule has 0 aliphatic rings. The number of carbonyl (C=O) groups is 1. The van der Waals surface area contributed by atoms with Crippen LogP contribution in [0.15, 0.2) is 51.6 Å². The highest BCUT2D eigenvalue weighted by Crippen LogP contribution is 2.33. The molecule has 0 N–H and O–H groups in total. The second kappa shape index (κ2) is 6.28. The van der Waals surface area contributed by atoms with Crippen LogP contribution >= 0.6 is 34.7 Å². The maximum absolute atomic E-state index is 12.5. The fourth-order valence-corrected chi connectivity index (χ4v) is 3.80. The van der Waals surface area contributed by atoms with E-state index in [9.17, 15) is 4.79 Å². The molecule has 0 spiro atoms. The van der Waals surface area contributed by atoms with Crippen molar-refractivity contribution in [3.63, 3.8) is 0 Å². The van der Waals surface area contributed by atoms with Crippen LogP contribution in [0.5, 0.6) is 0 Å². The Morgan fingerprint density at radius 3 is 2.59 bits per heavy atom. The molecular weight excluding hydrogens is 336 g/mol. The monoisotopic (exact) mass is 348 g/mol. The number of benzene rings is 1. The highest BCUT2D eigenvalue weighted by atomic mass is 35.5. The van der Waals surface area contributed by atoms with Crippen molar-refractivity contribution < 1.29 is 4.79 Å². The van der Waals surface area contributed by atoms with Crippen LogP contribution in [0.3, 0.4) is 0 Å². The number of carbonyl (C=O) groups excluding carboxylic acids is 1. The molecule has 0 unspecified atom stereocenters. The van der Waals surface area contributed by atoms with Gasteiger partial charge in [-0.2, -0.15) is 9.78 Å². The average molecular weight is 349 g/mol. The van der Waals surface area contributed by atoms with E-state index in [-0.39, 0.29) is 5.91 Å². The lowest BCUT2D eigenvalue weighted by atomic mass is 10.4. The molecule has 3 rings (SSSR count). The molecular formula is C16H13ClN2OS2. The molecule has 2 heterocycles. The maximum atomic E-state index is 12.5. The zero-order chi connectivity index (χ0) is 15.7. The lowest BCUT2D eigenvalue weighted by Gasteiger charge is -2.03. The molecule has 1 aromatic carbocycles. The summed E-state index contributed by atoms with van der Waals surface area (Å²) in [5.74, 6) is -0.0847. The highest BCUT2D eigenvalue weighted by Gasteiger charge is 2.19. The van der Waals surface area contributed by atoms with Crippen molar-refractivity contribution in [3.8, 4) is 0 Å². The second-order valence-corrected chi connectivity index (χ2v) is 7.22. The lowest BCUT2D eigenvalue weighted by Crippen LogP contribution is -2.13. The van der Waals surface area contributed by atoms with E-state index in [2.05, 4.69) is 5.10 Å². The van der Waals surface area contributed by atoms with Gasteiger partial charge < -0.3 is 0 Å². The van der Waals surface area contributed by atoms with Crippen molar-refractivity contribution >= 4 is 40.6 Å². The van der Waals surface area contributed by atoms with Gasteiger partial charge in [0.05, 0.1) is 21.2 Å². The molecule has 3 aromatic rings. The second-order valence-electron chi connectivity index (χ2n) is 4.75. The third-order valence-electron chi connectivity index (χ3n) is 3.18. The van der Waals surface area contributed by atoms with E-state index >= 15 is 0 Å². The van der Waals surface area contributed by atoms with E-state index in [0.29, 0.717) is 9.90 Å². The van der Waals surface area contributed by atoms with Gasteiger partial charge in [-0.3, -0.25) is 4.79 Å². The van der Waals surface area contributed by atoms with Crippen LogP contribution in [-0.4, -0.2) is 15.7 Å². The summed E-state index contributed by atoms with van der Waals surface area (Å²) in [6.45, 7) is 3.84. The first kappa shape index (κ1) is 15.3. The van der Waals surface area contributed by atoms with Crippen LogP contribution in [-0.2, 0) is 0 Å². The van der Waals surface area contributed by atoms with Crippen LogP contribution in [0, 0.1) is 13.8 Å². The minimum absolute atomic E-state index is 0.0847. The number of halogens is 1. The van der Waals surface area contributed by atoms with E-state index in [1.807, 2.05) is 55.6 Å². The molecule has 0 fully saturated rings. The van der Waals surface area contributed by atoms with Crippen LogP contribution in [0.2, 0.25) is 5.02 Å². The first-order valence-electron chi connectivity index (χ1n) is 6.64. The third kappa shape index (κ3) is 2.97. The number of aromatic nitrogens is 2. The highest BCUT2D eigenvalue weighted by molar-refractivity contribution is 7.99. The Hall–Kier alpha value is -1.56. The Morgan fingerprint density at radius 2 is 1.95 bits per heavy atom. The average Bonchev–Trinajstić information content (AvgIpc) is 3.12. The van der Waals surface area contributed by atoms with Crippen LogP contribution in [0.25, 0.3) is 0 Å². The smallest absolute Gasteiger partial charge is 0.266 e. The summed E-state index contributed by atoms with van der Waals surface area (Å²) in [6.07, 6.45) is 0. The number of thiophene rings is 1. The van der Waals surface area contributed by atoms with E-state index in [1.165, 1.54) is 16.0 Å². The van der Waals surface area contributed by atoms with Crippen molar-refractivity contribution in [3.05, 3.63) is 63.1 Å². The Balaban J connectivity index is 1.93. The van der Waals surface area contributed by atoms with Gasteiger partial charge in [0.25, 0.3) is 5.91 Å². The largest absolute Gasteiger partial charge is 0.288 e. The van der Waals surface area contributed by atoms with Crippen LogP contribution in [0.4, 0.5) is 0 Å². The molecule has 2 aromatic heterocycles. The van der Waals surface area contributed by atoms with Gasteiger partial charge in [0.2, 0.25) is 0 Å². The van der Waals surface area contributed by atoms with Crippen LogP contribution in [0.1, 0.15) is 21.1 Å². The Kier molecular flexibility index (Phi) is 4.38. The molecule has 0 bridgehead atoms. The number of hydrogen-bond acceptors (Lipinski definition) is 4. The summed E-state index contributed by atoms with van der Waals surface area (Å²) >= 11 is 8.93. The van der Waals surface area contributed by atoms with Crippen molar-refractivity contribution in [2.75, 3.05) is 0 Å². The summed E-state index contributed by atoms with van der Waals surface area (Å²) in [7, 11) is 0. The first-order valence-corrected chi connectivity index (χ1v) is 8.71. The molecule has 0 aliphatic carbocycles. The van der Waals surface area contributed by atoms with Gasteiger partial charge in [-0.1, -0.05) is 29.4 Å². The van der Waals surface area contributed by atoms with Gasteiger partial charge in [-0.25, -0.2) is 0 Å². The van der Waals surface area contributed by atoms with E-state index < -0.39 is 0 Å². The lowest BCUT2D eigenvalue weighted by molar-refractivity contribution is 0.0946. The molecule has 3 nitrogen and oxygen atoms in total. The Labute approximate surface area is 141 Å². The third-order valence-corrected chi connectivity index (χ3v) is 5.60. The van der Waals surface area contributed by atoms with E-state index in [4.69, 9.17) is 11.6 Å². The van der Waals surface area contributed by atoms with Gasteiger partial charge in [0.1, 0.15) is 0 Å². The molecule has 6 heteroatoms. The Bertz CT molecular complexity index is 808. The predicted molar refractivity (Wildman–Crippen MR) is 91.3 cm³/mol. The molecule has 22 heavy (non-hydrogen) atoms. The van der Waals surface area contributed by atoms with E-state index in [0.717, 1.165) is 21.2 Å². The number of hydrogen-bond donors (Lipinski definition) is 0. The quantitative estimate of drug-likeness (QED) is 0.664. The predicted octanol–water partition coefficient (Wildman–Crippen LogP) is 5.05. The molecule has 0 saturated carbocycles. The standard InChI is InChI=1S/C16H13ClN2OS2/c1-10-15(22-13-7-5-12(17)6-8-13)11(2)19(18-10)16(20)14-4-3-9-21-14/h3-9H,1-2H3. The molecule has 0 saturated heterocycles. The fraction of sp³-hybridized carbons (Fsp3) is 0.125. The fourth-order valence-electron chi connectivity index (χ4n) is 2.10.